The smallest absolute Gasteiger partial charge is 0.298 e. The molecule has 1 saturated heterocycles. The molecule has 1 heterocycles. The molecule has 0 radical (unpaired) electrons. The van der Waals surface area contributed by atoms with Crippen LogP contribution in [0.5, 0.6) is 0 Å². The molecule has 0 aromatic heterocycles. The van der Waals surface area contributed by atoms with E-state index in [-0.39, 0.29) is 16.5 Å². The molecule has 3 rings (SSSR count). The number of nitro groups is 1. The Morgan fingerprint density at radius 3 is 2.52 bits per heavy atom. The number of nitro benzene ring substituents is 1. The van der Waals surface area contributed by atoms with Crippen LogP contribution in [0.1, 0.15) is 12.5 Å². The summed E-state index contributed by atoms with van der Waals surface area (Å²) >= 11 is 0.760. The SMILES string of the molecule is CC(=O)Nc1ccc(N2C(=O)S/C(=C\c3cccc([N+](=O)[O-])c3)C2=O)cc1. The Morgan fingerprint density at radius 1 is 1.19 bits per heavy atom. The van der Waals surface area contributed by atoms with Gasteiger partial charge in [-0.1, -0.05) is 12.1 Å². The first kappa shape index (κ1) is 18.3. The lowest BCUT2D eigenvalue weighted by atomic mass is 10.2. The van der Waals surface area contributed by atoms with Crippen LogP contribution in [-0.2, 0) is 9.59 Å². The number of anilines is 2. The van der Waals surface area contributed by atoms with Gasteiger partial charge >= 0.3 is 0 Å². The third kappa shape index (κ3) is 4.04. The van der Waals surface area contributed by atoms with E-state index in [1.54, 1.807) is 30.3 Å². The number of amides is 3. The van der Waals surface area contributed by atoms with Crippen molar-refractivity contribution in [1.82, 2.24) is 0 Å². The Kier molecular flexibility index (Phi) is 5.04. The number of hydrogen-bond donors (Lipinski definition) is 1. The maximum Gasteiger partial charge on any atom is 0.298 e. The van der Waals surface area contributed by atoms with E-state index in [0.29, 0.717) is 16.9 Å². The molecule has 0 spiro atoms. The first-order valence-electron chi connectivity index (χ1n) is 7.75. The lowest BCUT2D eigenvalue weighted by Gasteiger charge is -2.13. The van der Waals surface area contributed by atoms with Gasteiger partial charge in [-0.3, -0.25) is 24.5 Å². The number of carbonyl (C=O) groups excluding carboxylic acids is 3. The van der Waals surface area contributed by atoms with Gasteiger partial charge < -0.3 is 5.32 Å². The molecule has 27 heavy (non-hydrogen) atoms. The van der Waals surface area contributed by atoms with Crippen molar-refractivity contribution in [3.05, 3.63) is 69.1 Å². The molecular formula is C18H13N3O5S. The van der Waals surface area contributed by atoms with Crippen molar-refractivity contribution in [3.8, 4) is 0 Å². The minimum absolute atomic E-state index is 0.100. The minimum atomic E-state index is -0.528. The van der Waals surface area contributed by atoms with Crippen LogP contribution in [0.25, 0.3) is 6.08 Å². The second kappa shape index (κ2) is 7.42. The summed E-state index contributed by atoms with van der Waals surface area (Å²) in [5.41, 5.74) is 1.27. The third-order valence-electron chi connectivity index (χ3n) is 3.62. The van der Waals surface area contributed by atoms with E-state index >= 15 is 0 Å². The average molecular weight is 383 g/mol. The average Bonchev–Trinajstić information content (AvgIpc) is 2.89. The second-order valence-electron chi connectivity index (χ2n) is 5.60. The first-order valence-corrected chi connectivity index (χ1v) is 8.57. The van der Waals surface area contributed by atoms with Crippen molar-refractivity contribution >= 4 is 52.0 Å². The number of benzene rings is 2. The number of rotatable bonds is 4. The van der Waals surface area contributed by atoms with Crippen molar-refractivity contribution < 1.29 is 19.3 Å². The van der Waals surface area contributed by atoms with Crippen LogP contribution >= 0.6 is 11.8 Å². The van der Waals surface area contributed by atoms with Gasteiger partial charge in [-0.2, -0.15) is 0 Å². The van der Waals surface area contributed by atoms with Crippen LogP contribution in [0.2, 0.25) is 0 Å². The Morgan fingerprint density at radius 2 is 1.89 bits per heavy atom. The van der Waals surface area contributed by atoms with Gasteiger partial charge in [0.2, 0.25) is 5.91 Å². The zero-order valence-electron chi connectivity index (χ0n) is 14.0. The molecule has 136 valence electrons. The summed E-state index contributed by atoms with van der Waals surface area (Å²) in [7, 11) is 0. The van der Waals surface area contributed by atoms with E-state index in [4.69, 9.17) is 0 Å². The van der Waals surface area contributed by atoms with Crippen LogP contribution in [0.4, 0.5) is 21.9 Å². The van der Waals surface area contributed by atoms with E-state index in [1.165, 1.54) is 31.2 Å². The maximum absolute atomic E-state index is 12.6. The van der Waals surface area contributed by atoms with E-state index < -0.39 is 16.1 Å². The number of nitrogens with zero attached hydrogens (tertiary/aromatic N) is 2. The Balaban J connectivity index is 1.85. The van der Waals surface area contributed by atoms with Gasteiger partial charge in [0.25, 0.3) is 16.8 Å². The molecule has 1 aliphatic rings. The molecule has 0 aliphatic carbocycles. The summed E-state index contributed by atoms with van der Waals surface area (Å²) in [6, 6.07) is 12.1. The fourth-order valence-electron chi connectivity index (χ4n) is 2.47. The summed E-state index contributed by atoms with van der Waals surface area (Å²) in [4.78, 5) is 47.5. The molecule has 8 nitrogen and oxygen atoms in total. The van der Waals surface area contributed by atoms with Gasteiger partial charge in [0.05, 0.1) is 15.5 Å². The topological polar surface area (TPSA) is 110 Å². The van der Waals surface area contributed by atoms with Crippen LogP contribution in [0, 0.1) is 10.1 Å². The largest absolute Gasteiger partial charge is 0.326 e. The normalized spacial score (nSPS) is 15.3. The molecule has 2 aromatic rings. The van der Waals surface area contributed by atoms with Crippen molar-refractivity contribution in [1.29, 1.82) is 0 Å². The van der Waals surface area contributed by atoms with Crippen molar-refractivity contribution in [2.45, 2.75) is 6.92 Å². The monoisotopic (exact) mass is 383 g/mol. The zero-order chi connectivity index (χ0) is 19.6. The van der Waals surface area contributed by atoms with Crippen LogP contribution in [0.15, 0.2) is 53.4 Å². The molecule has 1 fully saturated rings. The van der Waals surface area contributed by atoms with Gasteiger partial charge in [-0.15, -0.1) is 0 Å². The highest BCUT2D eigenvalue weighted by Gasteiger charge is 2.36. The van der Waals surface area contributed by atoms with Crippen molar-refractivity contribution in [2.24, 2.45) is 0 Å². The Labute approximate surface area is 158 Å². The fraction of sp³-hybridized carbons (Fsp3) is 0.0556. The molecule has 9 heteroatoms. The van der Waals surface area contributed by atoms with Gasteiger partial charge in [0, 0.05) is 24.7 Å². The van der Waals surface area contributed by atoms with Crippen LogP contribution in [0.3, 0.4) is 0 Å². The van der Waals surface area contributed by atoms with Gasteiger partial charge in [-0.25, -0.2) is 4.90 Å². The predicted octanol–water partition coefficient (Wildman–Crippen LogP) is 3.79. The van der Waals surface area contributed by atoms with Gasteiger partial charge in [0.15, 0.2) is 0 Å². The Hall–Kier alpha value is -3.46. The van der Waals surface area contributed by atoms with Gasteiger partial charge in [0.1, 0.15) is 0 Å². The molecular weight excluding hydrogens is 370 g/mol. The summed E-state index contributed by atoms with van der Waals surface area (Å²) in [5.74, 6) is -0.738. The summed E-state index contributed by atoms with van der Waals surface area (Å²) < 4.78 is 0. The fourth-order valence-corrected chi connectivity index (χ4v) is 3.31. The number of non-ortho nitro benzene ring substituents is 1. The second-order valence-corrected chi connectivity index (χ2v) is 6.59. The van der Waals surface area contributed by atoms with Gasteiger partial charge in [-0.05, 0) is 47.7 Å². The molecule has 0 bridgehead atoms. The maximum atomic E-state index is 12.6. The molecule has 1 aliphatic heterocycles. The highest BCUT2D eigenvalue weighted by molar-refractivity contribution is 8.19. The van der Waals surface area contributed by atoms with Crippen LogP contribution in [-0.4, -0.2) is 22.0 Å². The van der Waals surface area contributed by atoms with Crippen LogP contribution < -0.4 is 10.2 Å². The number of thioether (sulfide) groups is 1. The highest BCUT2D eigenvalue weighted by atomic mass is 32.2. The lowest BCUT2D eigenvalue weighted by molar-refractivity contribution is -0.384. The van der Waals surface area contributed by atoms with E-state index in [0.717, 1.165) is 16.7 Å². The third-order valence-corrected chi connectivity index (χ3v) is 4.49. The summed E-state index contributed by atoms with van der Waals surface area (Å²) in [5, 5.41) is 13.0. The van der Waals surface area contributed by atoms with E-state index in [2.05, 4.69) is 5.32 Å². The minimum Gasteiger partial charge on any atom is -0.326 e. The number of nitrogens with one attached hydrogen (secondary N) is 1. The summed E-state index contributed by atoms with van der Waals surface area (Å²) in [6.07, 6.45) is 1.45. The quantitative estimate of drug-likeness (QED) is 0.489. The number of hydrogen-bond acceptors (Lipinski definition) is 6. The predicted molar refractivity (Wildman–Crippen MR) is 102 cm³/mol. The number of imide groups is 1. The molecule has 0 unspecified atom stereocenters. The van der Waals surface area contributed by atoms with Crippen molar-refractivity contribution in [2.75, 3.05) is 10.2 Å². The molecule has 1 N–H and O–H groups in total. The molecule has 2 aromatic carbocycles. The molecule has 0 atom stereocenters. The lowest BCUT2D eigenvalue weighted by Crippen LogP contribution is -2.27. The standard InChI is InChI=1S/C18H13N3O5S/c1-11(22)19-13-5-7-14(8-6-13)20-17(23)16(27-18(20)24)10-12-3-2-4-15(9-12)21(25)26/h2-10H,1H3,(H,19,22)/b16-10-. The first-order chi connectivity index (χ1) is 12.8. The van der Waals surface area contributed by atoms with E-state index in [1.807, 2.05) is 0 Å². The number of carbonyl (C=O) groups is 3. The van der Waals surface area contributed by atoms with Crippen molar-refractivity contribution in [3.63, 3.8) is 0 Å². The molecule has 3 amide bonds. The van der Waals surface area contributed by atoms with E-state index in [9.17, 15) is 24.5 Å². The zero-order valence-corrected chi connectivity index (χ0v) is 14.9. The Bertz CT molecular complexity index is 985. The highest BCUT2D eigenvalue weighted by Crippen LogP contribution is 2.36. The summed E-state index contributed by atoms with van der Waals surface area (Å²) in [6.45, 7) is 1.38. The molecule has 0 saturated carbocycles.